The standard InChI is InChI=1S/C17H23NO4S2/c1-4-12(2)16(18-24(20,21)15-6-5-11-23-15)17(19)13-7-9-14(22-3)10-8-13/h5-12,16-19H,4H2,1-3H3/t12-,16?,17-/m0/s1. The molecule has 1 aromatic heterocycles. The molecule has 0 spiro atoms. The lowest BCUT2D eigenvalue weighted by Crippen LogP contribution is -2.43. The molecule has 0 aliphatic rings. The summed E-state index contributed by atoms with van der Waals surface area (Å²) < 4.78 is 33.1. The molecule has 0 fully saturated rings. The second kappa shape index (κ2) is 8.11. The van der Waals surface area contributed by atoms with Crippen molar-refractivity contribution in [3.63, 3.8) is 0 Å². The topological polar surface area (TPSA) is 75.6 Å². The van der Waals surface area contributed by atoms with Crippen LogP contribution in [0.25, 0.3) is 0 Å². The molecule has 0 saturated carbocycles. The third kappa shape index (κ3) is 4.36. The van der Waals surface area contributed by atoms with E-state index in [0.717, 1.165) is 17.8 Å². The number of thiophene rings is 1. The number of ether oxygens (including phenoxy) is 1. The molecule has 0 saturated heterocycles. The third-order valence-corrected chi connectivity index (χ3v) is 6.96. The summed E-state index contributed by atoms with van der Waals surface area (Å²) in [6.07, 6.45) is -0.203. The second-order valence-corrected chi connectivity index (χ2v) is 8.57. The van der Waals surface area contributed by atoms with Crippen LogP contribution in [0.15, 0.2) is 46.0 Å². The largest absolute Gasteiger partial charge is 0.497 e. The second-order valence-electron chi connectivity index (χ2n) is 5.68. The summed E-state index contributed by atoms with van der Waals surface area (Å²) in [4.78, 5) is 0. The van der Waals surface area contributed by atoms with Crippen molar-refractivity contribution in [3.8, 4) is 5.75 Å². The van der Waals surface area contributed by atoms with Crippen LogP contribution in [0, 0.1) is 5.92 Å². The average molecular weight is 370 g/mol. The molecule has 2 aromatic rings. The molecular weight excluding hydrogens is 346 g/mol. The Labute approximate surface area is 147 Å². The molecule has 2 rings (SSSR count). The molecule has 1 heterocycles. The minimum atomic E-state index is -3.65. The predicted octanol–water partition coefficient (Wildman–Crippen LogP) is 3.18. The van der Waals surface area contributed by atoms with Gasteiger partial charge < -0.3 is 9.84 Å². The number of methoxy groups -OCH3 is 1. The van der Waals surface area contributed by atoms with E-state index in [-0.39, 0.29) is 10.1 Å². The van der Waals surface area contributed by atoms with Gasteiger partial charge in [-0.1, -0.05) is 38.5 Å². The number of hydrogen-bond donors (Lipinski definition) is 2. The van der Waals surface area contributed by atoms with Crippen LogP contribution in [0.3, 0.4) is 0 Å². The smallest absolute Gasteiger partial charge is 0.250 e. The highest BCUT2D eigenvalue weighted by molar-refractivity contribution is 7.91. The van der Waals surface area contributed by atoms with E-state index in [1.807, 2.05) is 13.8 Å². The fraction of sp³-hybridized carbons (Fsp3) is 0.412. The zero-order valence-electron chi connectivity index (χ0n) is 14.0. The SMILES string of the molecule is CC[C@H](C)C(NS(=O)(=O)c1cccs1)[C@@H](O)c1ccc(OC)cc1. The van der Waals surface area contributed by atoms with E-state index in [0.29, 0.717) is 11.3 Å². The molecular formula is C17H23NO4S2. The van der Waals surface area contributed by atoms with Crippen molar-refractivity contribution in [2.75, 3.05) is 7.11 Å². The third-order valence-electron chi connectivity index (χ3n) is 4.11. The summed E-state index contributed by atoms with van der Waals surface area (Å²) in [5, 5.41) is 12.5. The molecule has 7 heteroatoms. The van der Waals surface area contributed by atoms with Gasteiger partial charge in [-0.2, -0.15) is 0 Å². The van der Waals surface area contributed by atoms with Crippen LogP contribution in [0.2, 0.25) is 0 Å². The van der Waals surface area contributed by atoms with Gasteiger partial charge in [-0.15, -0.1) is 11.3 Å². The Hall–Kier alpha value is -1.41. The molecule has 0 amide bonds. The summed E-state index contributed by atoms with van der Waals surface area (Å²) in [6, 6.07) is 9.63. The van der Waals surface area contributed by atoms with E-state index >= 15 is 0 Å². The van der Waals surface area contributed by atoms with E-state index in [1.54, 1.807) is 48.9 Å². The molecule has 0 radical (unpaired) electrons. The van der Waals surface area contributed by atoms with Crippen LogP contribution in [0.5, 0.6) is 5.75 Å². The summed E-state index contributed by atoms with van der Waals surface area (Å²) in [5.74, 6) is 0.655. The molecule has 1 aromatic carbocycles. The Kier molecular flexibility index (Phi) is 6.40. The van der Waals surface area contributed by atoms with Crippen molar-refractivity contribution in [1.29, 1.82) is 0 Å². The summed E-state index contributed by atoms with van der Waals surface area (Å²) in [6.45, 7) is 3.90. The van der Waals surface area contributed by atoms with Crippen LogP contribution in [-0.4, -0.2) is 26.7 Å². The molecule has 3 atom stereocenters. The van der Waals surface area contributed by atoms with Gasteiger partial charge in [0.2, 0.25) is 10.0 Å². The molecule has 2 N–H and O–H groups in total. The first-order chi connectivity index (χ1) is 11.4. The van der Waals surface area contributed by atoms with Crippen LogP contribution in [0.1, 0.15) is 31.9 Å². The van der Waals surface area contributed by atoms with E-state index in [2.05, 4.69) is 4.72 Å². The van der Waals surface area contributed by atoms with Gasteiger partial charge in [0.25, 0.3) is 0 Å². The van der Waals surface area contributed by atoms with Gasteiger partial charge in [-0.25, -0.2) is 13.1 Å². The quantitative estimate of drug-likeness (QED) is 0.749. The van der Waals surface area contributed by atoms with Crippen molar-refractivity contribution < 1.29 is 18.3 Å². The van der Waals surface area contributed by atoms with E-state index in [1.165, 1.54) is 0 Å². The lowest BCUT2D eigenvalue weighted by atomic mass is 9.91. The molecule has 132 valence electrons. The minimum Gasteiger partial charge on any atom is -0.497 e. The number of sulfonamides is 1. The Balaban J connectivity index is 2.27. The van der Waals surface area contributed by atoms with E-state index < -0.39 is 22.2 Å². The molecule has 0 aliphatic carbocycles. The van der Waals surface area contributed by atoms with Gasteiger partial charge in [0.1, 0.15) is 9.96 Å². The number of aliphatic hydroxyl groups excluding tert-OH is 1. The maximum atomic E-state index is 12.5. The van der Waals surface area contributed by atoms with Gasteiger partial charge in [-0.05, 0) is 35.1 Å². The average Bonchev–Trinajstić information content (AvgIpc) is 3.14. The molecule has 1 unspecified atom stereocenters. The monoisotopic (exact) mass is 369 g/mol. The number of benzene rings is 1. The fourth-order valence-corrected chi connectivity index (χ4v) is 4.77. The Bertz CT molecular complexity index is 726. The Morgan fingerprint density at radius 3 is 2.42 bits per heavy atom. The molecule has 5 nitrogen and oxygen atoms in total. The van der Waals surface area contributed by atoms with Gasteiger partial charge >= 0.3 is 0 Å². The van der Waals surface area contributed by atoms with E-state index in [4.69, 9.17) is 4.74 Å². The van der Waals surface area contributed by atoms with Crippen molar-refractivity contribution >= 4 is 21.4 Å². The number of aliphatic hydroxyl groups is 1. The number of rotatable bonds is 8. The van der Waals surface area contributed by atoms with Gasteiger partial charge in [-0.3, -0.25) is 0 Å². The highest BCUT2D eigenvalue weighted by Gasteiger charge is 2.31. The number of nitrogens with one attached hydrogen (secondary N) is 1. The van der Waals surface area contributed by atoms with Gasteiger partial charge in [0, 0.05) is 0 Å². The summed E-state index contributed by atoms with van der Waals surface area (Å²) >= 11 is 1.16. The first kappa shape index (κ1) is 18.9. The normalized spacial score (nSPS) is 15.7. The van der Waals surface area contributed by atoms with Crippen LogP contribution >= 0.6 is 11.3 Å². The molecule has 0 bridgehead atoms. The van der Waals surface area contributed by atoms with Crippen LogP contribution < -0.4 is 9.46 Å². The van der Waals surface area contributed by atoms with Crippen molar-refractivity contribution in [2.45, 2.75) is 36.6 Å². The first-order valence-corrected chi connectivity index (χ1v) is 10.1. The fourth-order valence-electron chi connectivity index (χ4n) is 2.41. The maximum Gasteiger partial charge on any atom is 0.250 e. The molecule has 24 heavy (non-hydrogen) atoms. The van der Waals surface area contributed by atoms with Crippen molar-refractivity contribution in [3.05, 3.63) is 47.3 Å². The maximum absolute atomic E-state index is 12.5. The Morgan fingerprint density at radius 2 is 1.92 bits per heavy atom. The van der Waals surface area contributed by atoms with Crippen molar-refractivity contribution in [2.24, 2.45) is 5.92 Å². The number of hydrogen-bond acceptors (Lipinski definition) is 5. The highest BCUT2D eigenvalue weighted by atomic mass is 32.2. The van der Waals surface area contributed by atoms with Crippen molar-refractivity contribution in [1.82, 2.24) is 4.72 Å². The van der Waals surface area contributed by atoms with Gasteiger partial charge in [0.15, 0.2) is 0 Å². The summed E-state index contributed by atoms with van der Waals surface area (Å²) in [7, 11) is -2.08. The summed E-state index contributed by atoms with van der Waals surface area (Å²) in [5.41, 5.74) is 0.648. The minimum absolute atomic E-state index is 0.0307. The zero-order chi connectivity index (χ0) is 17.7. The predicted molar refractivity (Wildman–Crippen MR) is 95.8 cm³/mol. The Morgan fingerprint density at radius 1 is 1.25 bits per heavy atom. The van der Waals surface area contributed by atoms with E-state index in [9.17, 15) is 13.5 Å². The zero-order valence-corrected chi connectivity index (χ0v) is 15.6. The molecule has 0 aliphatic heterocycles. The van der Waals surface area contributed by atoms with Crippen LogP contribution in [0.4, 0.5) is 0 Å². The lowest BCUT2D eigenvalue weighted by molar-refractivity contribution is 0.112. The first-order valence-electron chi connectivity index (χ1n) is 7.77. The van der Waals surface area contributed by atoms with Gasteiger partial charge in [0.05, 0.1) is 19.3 Å². The lowest BCUT2D eigenvalue weighted by Gasteiger charge is -2.29. The van der Waals surface area contributed by atoms with Crippen LogP contribution in [-0.2, 0) is 10.0 Å². The highest BCUT2D eigenvalue weighted by Crippen LogP contribution is 2.27.